The molecule has 0 radical (unpaired) electrons. The summed E-state index contributed by atoms with van der Waals surface area (Å²) in [6, 6.07) is 0. The zero-order valence-electron chi connectivity index (χ0n) is 4.13. The minimum absolute atomic E-state index is 0.500. The van der Waals surface area contributed by atoms with Crippen LogP contribution in [0.15, 0.2) is 24.1 Å². The third-order valence-corrected chi connectivity index (χ3v) is 0.822. The van der Waals surface area contributed by atoms with Crippen LogP contribution in [0.3, 0.4) is 0 Å². The maximum atomic E-state index is 12.0. The molecule has 0 aromatic heterocycles. The number of rotatable bonds is 0. The molecule has 0 amide bonds. The van der Waals surface area contributed by atoms with Gasteiger partial charge >= 0.3 is 7.05 Å². The normalized spacial score (nSPS) is 17.8. The maximum absolute atomic E-state index is 12.0. The van der Waals surface area contributed by atoms with Crippen molar-refractivity contribution in [3.63, 3.8) is 0 Å². The van der Waals surface area contributed by atoms with Crippen molar-refractivity contribution in [3.8, 4) is 0 Å². The largest absolute Gasteiger partial charge is 0.440 e. The summed E-state index contributed by atoms with van der Waals surface area (Å²) in [5, 5.41) is 10.7. The van der Waals surface area contributed by atoms with Crippen molar-refractivity contribution in [3.05, 3.63) is 24.1 Å². The van der Waals surface area contributed by atoms with E-state index in [9.17, 15) is 4.39 Å². The lowest BCUT2D eigenvalue weighted by atomic mass is 9.82. The van der Waals surface area contributed by atoms with Crippen molar-refractivity contribution in [2.45, 2.75) is 0 Å². The topological polar surface area (TPSA) is 32.3 Å². The highest BCUT2D eigenvalue weighted by Gasteiger charge is 2.09. The molecule has 1 aliphatic rings. The maximum Gasteiger partial charge on any atom is 0.440 e. The molecule has 1 aliphatic heterocycles. The van der Waals surface area contributed by atoms with Crippen LogP contribution in [-0.2, 0) is 0 Å². The van der Waals surface area contributed by atoms with Crippen molar-refractivity contribution in [2.75, 3.05) is 0 Å². The first-order valence-corrected chi connectivity index (χ1v) is 2.27. The second-order valence-corrected chi connectivity index (χ2v) is 1.49. The van der Waals surface area contributed by atoms with Crippen LogP contribution in [0.4, 0.5) is 4.39 Å². The first-order chi connectivity index (χ1) is 3.79. The number of halogens is 1. The molecule has 0 bridgehead atoms. The summed E-state index contributed by atoms with van der Waals surface area (Å²) in [7, 11) is -0.861. The van der Waals surface area contributed by atoms with E-state index in [0.29, 0.717) is 0 Å². The molecule has 1 rings (SSSR count). The van der Waals surface area contributed by atoms with Gasteiger partial charge in [0.15, 0.2) is 5.95 Å². The summed E-state index contributed by atoms with van der Waals surface area (Å²) in [5.74, 6) is 0.948. The Balaban J connectivity index is 2.59. The van der Waals surface area contributed by atoms with Crippen molar-refractivity contribution in [1.82, 2.24) is 5.23 Å². The highest BCUT2D eigenvalue weighted by atomic mass is 19.1. The van der Waals surface area contributed by atoms with Crippen molar-refractivity contribution >= 4 is 7.05 Å². The van der Waals surface area contributed by atoms with Crippen LogP contribution < -0.4 is 5.23 Å². The van der Waals surface area contributed by atoms with Crippen LogP contribution in [0.25, 0.3) is 0 Å². The Morgan fingerprint density at radius 1 is 1.75 bits per heavy atom. The summed E-state index contributed by atoms with van der Waals surface area (Å²) < 4.78 is 12.0. The molecule has 0 fully saturated rings. The van der Waals surface area contributed by atoms with Crippen molar-refractivity contribution < 1.29 is 9.41 Å². The third kappa shape index (κ3) is 1.10. The zero-order chi connectivity index (χ0) is 5.98. The van der Waals surface area contributed by atoms with E-state index in [-0.39, 0.29) is 0 Å². The molecule has 2 nitrogen and oxygen atoms in total. The standard InChI is InChI=1S/C4H5BFNO/c6-4-2-1-3-5(8)7-4/h1-3,7-8H. The zero-order valence-corrected chi connectivity index (χ0v) is 4.13. The first kappa shape index (κ1) is 5.37. The molecular weight excluding hydrogens is 108 g/mol. The molecule has 0 saturated carbocycles. The molecule has 2 N–H and O–H groups in total. The molecule has 0 aromatic rings. The number of hydrogen-bond acceptors (Lipinski definition) is 2. The lowest BCUT2D eigenvalue weighted by Gasteiger charge is -2.04. The summed E-state index contributed by atoms with van der Waals surface area (Å²) in [5.41, 5.74) is 0. The van der Waals surface area contributed by atoms with Crippen LogP contribution in [0, 0.1) is 0 Å². The van der Waals surface area contributed by atoms with E-state index in [1.165, 1.54) is 18.1 Å². The molecule has 1 heterocycles. The minimum atomic E-state index is -0.861. The fourth-order valence-corrected chi connectivity index (χ4v) is 0.483. The smallest absolute Gasteiger partial charge is 0.429 e. The van der Waals surface area contributed by atoms with Crippen molar-refractivity contribution in [1.29, 1.82) is 0 Å². The first-order valence-electron chi connectivity index (χ1n) is 2.27. The predicted molar refractivity (Wildman–Crippen MR) is 29.4 cm³/mol. The molecule has 0 unspecified atom stereocenters. The molecule has 0 aromatic carbocycles. The van der Waals surface area contributed by atoms with Gasteiger partial charge in [-0.1, -0.05) is 12.1 Å². The molecule has 42 valence electrons. The van der Waals surface area contributed by atoms with Crippen LogP contribution in [0.1, 0.15) is 0 Å². The monoisotopic (exact) mass is 113 g/mol. The molecule has 4 heteroatoms. The van der Waals surface area contributed by atoms with Crippen LogP contribution in [0.2, 0.25) is 0 Å². The van der Waals surface area contributed by atoms with Gasteiger partial charge < -0.3 is 10.3 Å². The third-order valence-electron chi connectivity index (χ3n) is 0.822. The fourth-order valence-electron chi connectivity index (χ4n) is 0.483. The number of hydrogen-bond donors (Lipinski definition) is 2. The summed E-state index contributed by atoms with van der Waals surface area (Å²) in [6.45, 7) is 0. The molecule has 0 spiro atoms. The summed E-state index contributed by atoms with van der Waals surface area (Å²) in [6.07, 6.45) is 2.70. The average molecular weight is 113 g/mol. The molecule has 0 atom stereocenters. The lowest BCUT2D eigenvalue weighted by molar-refractivity contribution is 0.530. The fraction of sp³-hybridized carbons (Fsp3) is 0. The van der Waals surface area contributed by atoms with Gasteiger partial charge in [0.2, 0.25) is 0 Å². The van der Waals surface area contributed by atoms with E-state index >= 15 is 0 Å². The van der Waals surface area contributed by atoms with Crippen molar-refractivity contribution in [2.24, 2.45) is 0 Å². The Morgan fingerprint density at radius 2 is 2.50 bits per heavy atom. The van der Waals surface area contributed by atoms with Crippen LogP contribution >= 0.6 is 0 Å². The Hall–Kier alpha value is -0.765. The predicted octanol–water partition coefficient (Wildman–Crippen LogP) is -0.0236. The molecule has 8 heavy (non-hydrogen) atoms. The molecular formula is C4H5BFNO. The SMILES string of the molecule is OB1C=CC=C(F)N1. The van der Waals surface area contributed by atoms with Crippen LogP contribution in [0.5, 0.6) is 0 Å². The quantitative estimate of drug-likeness (QED) is 0.341. The van der Waals surface area contributed by atoms with E-state index < -0.39 is 13.0 Å². The Kier molecular flexibility index (Phi) is 1.35. The van der Waals surface area contributed by atoms with E-state index in [1.807, 2.05) is 0 Å². The van der Waals surface area contributed by atoms with E-state index in [1.54, 1.807) is 0 Å². The average Bonchev–Trinajstić information content (AvgIpc) is 1.64. The summed E-state index contributed by atoms with van der Waals surface area (Å²) in [4.78, 5) is 0. The summed E-state index contributed by atoms with van der Waals surface area (Å²) >= 11 is 0. The van der Waals surface area contributed by atoms with Gasteiger partial charge in [0, 0.05) is 0 Å². The van der Waals surface area contributed by atoms with E-state index in [2.05, 4.69) is 5.23 Å². The van der Waals surface area contributed by atoms with Gasteiger partial charge in [-0.2, -0.15) is 4.39 Å². The van der Waals surface area contributed by atoms with E-state index in [4.69, 9.17) is 5.02 Å². The number of nitrogens with one attached hydrogen (secondary N) is 1. The van der Waals surface area contributed by atoms with Gasteiger partial charge in [0.05, 0.1) is 0 Å². The number of allylic oxidation sites excluding steroid dienone is 2. The van der Waals surface area contributed by atoms with Gasteiger partial charge in [0.1, 0.15) is 0 Å². The lowest BCUT2D eigenvalue weighted by Crippen LogP contribution is -2.31. The Bertz CT molecular complexity index is 145. The van der Waals surface area contributed by atoms with E-state index in [0.717, 1.165) is 0 Å². The highest BCUT2D eigenvalue weighted by molar-refractivity contribution is 6.54. The Morgan fingerprint density at radius 3 is 2.88 bits per heavy atom. The second kappa shape index (κ2) is 2.00. The van der Waals surface area contributed by atoms with Gasteiger partial charge in [-0.05, 0) is 6.08 Å². The second-order valence-electron chi connectivity index (χ2n) is 1.49. The van der Waals surface area contributed by atoms with Crippen LogP contribution in [-0.4, -0.2) is 12.1 Å². The van der Waals surface area contributed by atoms with Gasteiger partial charge in [0.25, 0.3) is 0 Å². The van der Waals surface area contributed by atoms with Gasteiger partial charge in [-0.3, -0.25) is 0 Å². The minimum Gasteiger partial charge on any atom is -0.429 e. The highest BCUT2D eigenvalue weighted by Crippen LogP contribution is 1.97. The molecule has 0 aliphatic carbocycles. The van der Waals surface area contributed by atoms with Gasteiger partial charge in [-0.15, -0.1) is 0 Å². The molecule has 0 saturated heterocycles. The van der Waals surface area contributed by atoms with Gasteiger partial charge in [-0.25, -0.2) is 0 Å². The Labute approximate surface area is 46.8 Å².